The zero-order valence-corrected chi connectivity index (χ0v) is 14.0. The van der Waals surface area contributed by atoms with E-state index < -0.39 is 11.5 Å². The van der Waals surface area contributed by atoms with Crippen molar-refractivity contribution in [3.8, 4) is 0 Å². The van der Waals surface area contributed by atoms with Gasteiger partial charge in [-0.25, -0.2) is 4.79 Å². The molecule has 0 aliphatic carbocycles. The molecule has 1 heterocycles. The third kappa shape index (κ3) is 3.15. The Morgan fingerprint density at radius 3 is 2.12 bits per heavy atom. The Balaban J connectivity index is 2.05. The number of carbonyl (C=O) groups is 1. The number of nitrogens with one attached hydrogen (secondary N) is 1. The number of likely N-dealkylation sites (tertiary alicyclic amines) is 1. The number of hydrogen-bond acceptors (Lipinski definition) is 3. The first-order chi connectivity index (χ1) is 11.6. The summed E-state index contributed by atoms with van der Waals surface area (Å²) in [7, 11) is 2.09. The molecule has 0 bridgehead atoms. The lowest BCUT2D eigenvalue weighted by Crippen LogP contribution is -2.52. The zero-order chi connectivity index (χ0) is 17.0. The minimum atomic E-state index is -1.11. The van der Waals surface area contributed by atoms with Gasteiger partial charge in [0, 0.05) is 5.69 Å². The Bertz CT molecular complexity index is 667. The maximum absolute atomic E-state index is 12.5. The number of rotatable bonds is 5. The van der Waals surface area contributed by atoms with Crippen LogP contribution in [0.1, 0.15) is 18.4 Å². The smallest absolute Gasteiger partial charge is 0.334 e. The van der Waals surface area contributed by atoms with Crippen LogP contribution < -0.4 is 5.32 Å². The molecule has 1 saturated heterocycles. The minimum absolute atomic E-state index is 0.0359. The van der Waals surface area contributed by atoms with Crippen LogP contribution >= 0.6 is 0 Å². The molecule has 0 amide bonds. The maximum atomic E-state index is 12.5. The second-order valence-corrected chi connectivity index (χ2v) is 6.55. The van der Waals surface area contributed by atoms with Crippen LogP contribution in [0.25, 0.3) is 0 Å². The molecule has 1 aliphatic heterocycles. The minimum Gasteiger partial charge on any atom is -0.479 e. The number of benzene rings is 2. The summed E-state index contributed by atoms with van der Waals surface area (Å²) in [6, 6.07) is 19.2. The average molecular weight is 324 g/mol. The largest absolute Gasteiger partial charge is 0.479 e. The summed E-state index contributed by atoms with van der Waals surface area (Å²) in [5.74, 6) is -0.777. The molecule has 3 rings (SSSR count). The van der Waals surface area contributed by atoms with E-state index in [1.54, 1.807) is 0 Å². The van der Waals surface area contributed by atoms with Gasteiger partial charge in [-0.15, -0.1) is 0 Å². The third-order valence-electron chi connectivity index (χ3n) is 5.01. The lowest BCUT2D eigenvalue weighted by molar-refractivity contribution is -0.145. The highest BCUT2D eigenvalue weighted by atomic mass is 16.4. The van der Waals surface area contributed by atoms with Gasteiger partial charge in [0.2, 0.25) is 0 Å². The molecule has 0 aromatic heterocycles. The van der Waals surface area contributed by atoms with Gasteiger partial charge < -0.3 is 15.3 Å². The standard InChI is InChI=1S/C20H24N2O2/c1-22-14-12-17(13-15-22)20(19(23)24,16-8-4-2-5-9-16)21-18-10-6-3-7-11-18/h2-11,17,21H,12-15H2,1H3,(H,23,24). The monoisotopic (exact) mass is 324 g/mol. The summed E-state index contributed by atoms with van der Waals surface area (Å²) in [4.78, 5) is 14.8. The van der Waals surface area contributed by atoms with Crippen LogP contribution in [0.4, 0.5) is 5.69 Å². The predicted octanol–water partition coefficient (Wildman–Crippen LogP) is 3.42. The lowest BCUT2D eigenvalue weighted by Gasteiger charge is -2.42. The highest BCUT2D eigenvalue weighted by molar-refractivity contribution is 5.85. The summed E-state index contributed by atoms with van der Waals surface area (Å²) in [6.45, 7) is 1.84. The van der Waals surface area contributed by atoms with Crippen LogP contribution in [0.5, 0.6) is 0 Å². The number of aliphatic carboxylic acids is 1. The van der Waals surface area contributed by atoms with Crippen LogP contribution in [0.15, 0.2) is 60.7 Å². The average Bonchev–Trinajstić information content (AvgIpc) is 2.62. The molecule has 1 unspecified atom stereocenters. The summed E-state index contributed by atoms with van der Waals surface area (Å²) in [6.07, 6.45) is 1.72. The summed E-state index contributed by atoms with van der Waals surface area (Å²) in [5, 5.41) is 13.7. The number of carboxylic acids is 1. The molecule has 2 aromatic carbocycles. The van der Waals surface area contributed by atoms with Crippen LogP contribution in [0.3, 0.4) is 0 Å². The predicted molar refractivity (Wildman–Crippen MR) is 96.0 cm³/mol. The van der Waals surface area contributed by atoms with E-state index in [1.165, 1.54) is 0 Å². The van der Waals surface area contributed by atoms with E-state index in [-0.39, 0.29) is 5.92 Å². The molecule has 4 nitrogen and oxygen atoms in total. The highest BCUT2D eigenvalue weighted by Crippen LogP contribution is 2.39. The van der Waals surface area contributed by atoms with Gasteiger partial charge in [0.1, 0.15) is 0 Å². The van der Waals surface area contributed by atoms with Crippen LogP contribution in [0.2, 0.25) is 0 Å². The molecular formula is C20H24N2O2. The summed E-state index contributed by atoms with van der Waals surface area (Å²) < 4.78 is 0. The van der Waals surface area contributed by atoms with Gasteiger partial charge in [0.15, 0.2) is 5.54 Å². The van der Waals surface area contributed by atoms with Crippen molar-refractivity contribution in [2.24, 2.45) is 5.92 Å². The van der Waals surface area contributed by atoms with Crippen molar-refractivity contribution in [2.75, 3.05) is 25.5 Å². The molecule has 1 fully saturated rings. The van der Waals surface area contributed by atoms with E-state index in [1.807, 2.05) is 60.7 Å². The van der Waals surface area contributed by atoms with E-state index in [9.17, 15) is 9.90 Å². The molecule has 0 spiro atoms. The summed E-state index contributed by atoms with van der Waals surface area (Å²) in [5.41, 5.74) is 0.544. The molecule has 126 valence electrons. The van der Waals surface area contributed by atoms with Crippen molar-refractivity contribution in [3.63, 3.8) is 0 Å². The van der Waals surface area contributed by atoms with E-state index >= 15 is 0 Å². The SMILES string of the molecule is CN1CCC(C(Nc2ccccc2)(C(=O)O)c2ccccc2)CC1. The molecule has 4 heteroatoms. The fraction of sp³-hybridized carbons (Fsp3) is 0.350. The number of nitrogens with zero attached hydrogens (tertiary/aromatic N) is 1. The first kappa shape index (κ1) is 16.5. The Hall–Kier alpha value is -2.33. The molecule has 2 N–H and O–H groups in total. The van der Waals surface area contributed by atoms with Crippen molar-refractivity contribution in [3.05, 3.63) is 66.2 Å². The first-order valence-corrected chi connectivity index (χ1v) is 8.43. The molecule has 2 aromatic rings. The van der Waals surface area contributed by atoms with Crippen LogP contribution in [0, 0.1) is 5.92 Å². The van der Waals surface area contributed by atoms with Crippen molar-refractivity contribution in [1.29, 1.82) is 0 Å². The number of piperidine rings is 1. The van der Waals surface area contributed by atoms with Crippen LogP contribution in [-0.2, 0) is 10.3 Å². The lowest BCUT2D eigenvalue weighted by atomic mass is 9.73. The molecule has 24 heavy (non-hydrogen) atoms. The quantitative estimate of drug-likeness (QED) is 0.885. The van der Waals surface area contributed by atoms with Crippen molar-refractivity contribution in [2.45, 2.75) is 18.4 Å². The fourth-order valence-electron chi connectivity index (χ4n) is 3.65. The zero-order valence-electron chi connectivity index (χ0n) is 14.0. The van der Waals surface area contributed by atoms with E-state index in [4.69, 9.17) is 0 Å². The van der Waals surface area contributed by atoms with Gasteiger partial charge in [-0.3, -0.25) is 0 Å². The van der Waals surface area contributed by atoms with Gasteiger partial charge in [0.05, 0.1) is 0 Å². The highest BCUT2D eigenvalue weighted by Gasteiger charge is 2.48. The van der Waals surface area contributed by atoms with Crippen LogP contribution in [-0.4, -0.2) is 36.1 Å². The molecule has 0 radical (unpaired) electrons. The number of para-hydroxylation sites is 1. The molecule has 1 atom stereocenters. The number of anilines is 1. The van der Waals surface area contributed by atoms with Gasteiger partial charge in [0.25, 0.3) is 0 Å². The Morgan fingerprint density at radius 2 is 1.58 bits per heavy atom. The topological polar surface area (TPSA) is 52.6 Å². The Morgan fingerprint density at radius 1 is 1.04 bits per heavy atom. The van der Waals surface area contributed by atoms with Gasteiger partial charge >= 0.3 is 5.97 Å². The first-order valence-electron chi connectivity index (χ1n) is 8.43. The second kappa shape index (κ2) is 7.05. The number of hydrogen-bond donors (Lipinski definition) is 2. The number of carboxylic acid groups (broad SMARTS) is 1. The van der Waals surface area contributed by atoms with Crippen molar-refractivity contribution < 1.29 is 9.90 Å². The molecule has 0 saturated carbocycles. The van der Waals surface area contributed by atoms with Crippen molar-refractivity contribution in [1.82, 2.24) is 4.90 Å². The van der Waals surface area contributed by atoms with E-state index in [0.717, 1.165) is 37.2 Å². The summed E-state index contributed by atoms with van der Waals surface area (Å²) >= 11 is 0. The van der Waals surface area contributed by atoms with Gasteiger partial charge in [-0.05, 0) is 56.6 Å². The second-order valence-electron chi connectivity index (χ2n) is 6.55. The maximum Gasteiger partial charge on any atom is 0.334 e. The van der Waals surface area contributed by atoms with Crippen molar-refractivity contribution >= 4 is 11.7 Å². The molecule has 1 aliphatic rings. The van der Waals surface area contributed by atoms with E-state index in [0.29, 0.717) is 0 Å². The Kier molecular flexibility index (Phi) is 4.86. The van der Waals surface area contributed by atoms with E-state index in [2.05, 4.69) is 17.3 Å². The van der Waals surface area contributed by atoms with Gasteiger partial charge in [-0.1, -0.05) is 48.5 Å². The molecular weight excluding hydrogens is 300 g/mol. The third-order valence-corrected chi connectivity index (χ3v) is 5.01. The fourth-order valence-corrected chi connectivity index (χ4v) is 3.65. The Labute approximate surface area is 143 Å². The normalized spacial score (nSPS) is 18.7. The van der Waals surface area contributed by atoms with Gasteiger partial charge in [-0.2, -0.15) is 0 Å².